The van der Waals surface area contributed by atoms with Crippen LogP contribution < -0.4 is 5.32 Å². The predicted molar refractivity (Wildman–Crippen MR) is 69.0 cm³/mol. The number of hydrogen-bond acceptors (Lipinski definition) is 3. The summed E-state index contributed by atoms with van der Waals surface area (Å²) < 4.78 is 5.42. The number of amides is 1. The number of aliphatic hydroxyl groups is 1. The van der Waals surface area contributed by atoms with Crippen LogP contribution in [0.25, 0.3) is 11.3 Å². The second-order valence-electron chi connectivity index (χ2n) is 3.90. The van der Waals surface area contributed by atoms with Gasteiger partial charge in [-0.15, -0.1) is 0 Å². The first-order valence-corrected chi connectivity index (χ1v) is 5.82. The molecule has 94 valence electrons. The van der Waals surface area contributed by atoms with Crippen LogP contribution in [-0.4, -0.2) is 11.0 Å². The van der Waals surface area contributed by atoms with E-state index in [9.17, 15) is 4.79 Å². The van der Waals surface area contributed by atoms with E-state index in [-0.39, 0.29) is 12.5 Å². The van der Waals surface area contributed by atoms with E-state index in [1.165, 1.54) is 0 Å². The van der Waals surface area contributed by atoms with Crippen LogP contribution in [0.3, 0.4) is 0 Å². The van der Waals surface area contributed by atoms with Crippen LogP contribution >= 0.6 is 0 Å². The molecule has 0 saturated carbocycles. The van der Waals surface area contributed by atoms with Gasteiger partial charge in [-0.25, -0.2) is 0 Å². The molecule has 0 bridgehead atoms. The van der Waals surface area contributed by atoms with Crippen molar-refractivity contribution in [1.82, 2.24) is 0 Å². The van der Waals surface area contributed by atoms with Gasteiger partial charge in [-0.3, -0.25) is 4.79 Å². The van der Waals surface area contributed by atoms with Gasteiger partial charge in [0, 0.05) is 17.7 Å². The molecule has 0 aliphatic heterocycles. The van der Waals surface area contributed by atoms with Gasteiger partial charge in [-0.05, 0) is 36.4 Å². The number of benzene rings is 1. The standard InChI is InChI=1S/C14H15NO3/c1-2-14(17)15-11-5-3-10(4-6-11)13-8-7-12(9-16)18-13/h3-8,16H,2,9H2,1H3,(H,15,17). The first-order chi connectivity index (χ1) is 8.72. The molecular weight excluding hydrogens is 230 g/mol. The summed E-state index contributed by atoms with van der Waals surface area (Å²) in [5.41, 5.74) is 1.67. The molecule has 2 aromatic rings. The van der Waals surface area contributed by atoms with Gasteiger partial charge >= 0.3 is 0 Å². The van der Waals surface area contributed by atoms with Crippen molar-refractivity contribution in [1.29, 1.82) is 0 Å². The summed E-state index contributed by atoms with van der Waals surface area (Å²) in [6.45, 7) is 1.70. The summed E-state index contributed by atoms with van der Waals surface area (Å²) in [6, 6.07) is 10.9. The van der Waals surface area contributed by atoms with Gasteiger partial charge in [0.05, 0.1) is 0 Å². The number of carbonyl (C=O) groups excluding carboxylic acids is 1. The summed E-state index contributed by atoms with van der Waals surface area (Å²) in [5, 5.41) is 11.7. The Morgan fingerprint density at radius 2 is 1.94 bits per heavy atom. The summed E-state index contributed by atoms with van der Waals surface area (Å²) in [7, 11) is 0. The van der Waals surface area contributed by atoms with E-state index >= 15 is 0 Å². The smallest absolute Gasteiger partial charge is 0.224 e. The molecule has 1 aromatic carbocycles. The van der Waals surface area contributed by atoms with E-state index in [4.69, 9.17) is 9.52 Å². The zero-order valence-electron chi connectivity index (χ0n) is 10.1. The van der Waals surface area contributed by atoms with Crippen LogP contribution in [0.5, 0.6) is 0 Å². The third-order valence-corrected chi connectivity index (χ3v) is 2.59. The fourth-order valence-corrected chi connectivity index (χ4v) is 1.59. The normalized spacial score (nSPS) is 10.3. The maximum atomic E-state index is 11.2. The van der Waals surface area contributed by atoms with Gasteiger partial charge in [0.15, 0.2) is 0 Å². The van der Waals surface area contributed by atoms with E-state index in [0.29, 0.717) is 17.9 Å². The van der Waals surface area contributed by atoms with Gasteiger partial charge in [0.1, 0.15) is 18.1 Å². The number of furan rings is 1. The van der Waals surface area contributed by atoms with Crippen molar-refractivity contribution in [2.75, 3.05) is 5.32 Å². The molecule has 0 saturated heterocycles. The molecule has 2 N–H and O–H groups in total. The lowest BCUT2D eigenvalue weighted by molar-refractivity contribution is -0.115. The molecule has 0 aliphatic rings. The monoisotopic (exact) mass is 245 g/mol. The molecule has 4 heteroatoms. The van der Waals surface area contributed by atoms with E-state index in [2.05, 4.69) is 5.32 Å². The Morgan fingerprint density at radius 1 is 1.22 bits per heavy atom. The van der Waals surface area contributed by atoms with Crippen molar-refractivity contribution < 1.29 is 14.3 Å². The van der Waals surface area contributed by atoms with Crippen molar-refractivity contribution in [3.05, 3.63) is 42.2 Å². The van der Waals surface area contributed by atoms with Crippen molar-refractivity contribution in [3.8, 4) is 11.3 Å². The van der Waals surface area contributed by atoms with Gasteiger partial charge in [-0.2, -0.15) is 0 Å². The Labute approximate surface area is 105 Å². The topological polar surface area (TPSA) is 62.5 Å². The average Bonchev–Trinajstić information content (AvgIpc) is 2.88. The van der Waals surface area contributed by atoms with E-state index in [1.807, 2.05) is 37.3 Å². The molecule has 18 heavy (non-hydrogen) atoms. The highest BCUT2D eigenvalue weighted by Crippen LogP contribution is 2.23. The molecule has 0 fully saturated rings. The molecule has 0 spiro atoms. The van der Waals surface area contributed by atoms with Gasteiger partial charge in [-0.1, -0.05) is 6.92 Å². The summed E-state index contributed by atoms with van der Waals surface area (Å²) in [4.78, 5) is 11.2. The van der Waals surface area contributed by atoms with Crippen molar-refractivity contribution in [2.24, 2.45) is 0 Å². The van der Waals surface area contributed by atoms with Crippen molar-refractivity contribution >= 4 is 11.6 Å². The molecule has 0 aliphatic carbocycles. The minimum Gasteiger partial charge on any atom is -0.459 e. The largest absolute Gasteiger partial charge is 0.459 e. The Morgan fingerprint density at radius 3 is 2.50 bits per heavy atom. The van der Waals surface area contributed by atoms with E-state index in [0.717, 1.165) is 11.3 Å². The number of aliphatic hydroxyl groups excluding tert-OH is 1. The SMILES string of the molecule is CCC(=O)Nc1ccc(-c2ccc(CO)o2)cc1. The van der Waals surface area contributed by atoms with Gasteiger partial charge in [0.25, 0.3) is 0 Å². The lowest BCUT2D eigenvalue weighted by Gasteiger charge is -2.04. The zero-order valence-corrected chi connectivity index (χ0v) is 10.1. The zero-order chi connectivity index (χ0) is 13.0. The number of anilines is 1. The molecule has 4 nitrogen and oxygen atoms in total. The van der Waals surface area contributed by atoms with E-state index in [1.54, 1.807) is 6.07 Å². The van der Waals surface area contributed by atoms with Crippen LogP contribution in [0.4, 0.5) is 5.69 Å². The quantitative estimate of drug-likeness (QED) is 0.870. The second kappa shape index (κ2) is 5.51. The summed E-state index contributed by atoms with van der Waals surface area (Å²) in [5.74, 6) is 1.23. The third kappa shape index (κ3) is 2.78. The van der Waals surface area contributed by atoms with Crippen LogP contribution in [0.2, 0.25) is 0 Å². The molecular formula is C14H15NO3. The Balaban J connectivity index is 2.14. The lowest BCUT2D eigenvalue weighted by Crippen LogP contribution is -2.08. The summed E-state index contributed by atoms with van der Waals surface area (Å²) in [6.07, 6.45) is 0.458. The van der Waals surface area contributed by atoms with Crippen molar-refractivity contribution in [2.45, 2.75) is 20.0 Å². The maximum Gasteiger partial charge on any atom is 0.224 e. The maximum absolute atomic E-state index is 11.2. The average molecular weight is 245 g/mol. The molecule has 1 heterocycles. The van der Waals surface area contributed by atoms with E-state index < -0.39 is 0 Å². The number of carbonyl (C=O) groups is 1. The highest BCUT2D eigenvalue weighted by atomic mass is 16.4. The van der Waals surface area contributed by atoms with Crippen LogP contribution in [0.1, 0.15) is 19.1 Å². The molecule has 1 amide bonds. The van der Waals surface area contributed by atoms with Crippen LogP contribution in [0, 0.1) is 0 Å². The third-order valence-electron chi connectivity index (χ3n) is 2.59. The van der Waals surface area contributed by atoms with Crippen LogP contribution in [0.15, 0.2) is 40.8 Å². The van der Waals surface area contributed by atoms with Crippen LogP contribution in [-0.2, 0) is 11.4 Å². The Kier molecular flexibility index (Phi) is 3.79. The fourth-order valence-electron chi connectivity index (χ4n) is 1.59. The fraction of sp³-hybridized carbons (Fsp3) is 0.214. The molecule has 0 atom stereocenters. The number of nitrogens with one attached hydrogen (secondary N) is 1. The Bertz CT molecular complexity index is 528. The van der Waals surface area contributed by atoms with Gasteiger partial charge in [0.2, 0.25) is 5.91 Å². The van der Waals surface area contributed by atoms with Crippen molar-refractivity contribution in [3.63, 3.8) is 0 Å². The highest BCUT2D eigenvalue weighted by molar-refractivity contribution is 5.90. The Hall–Kier alpha value is -2.07. The second-order valence-corrected chi connectivity index (χ2v) is 3.90. The summed E-state index contributed by atoms with van der Waals surface area (Å²) >= 11 is 0. The highest BCUT2D eigenvalue weighted by Gasteiger charge is 2.04. The molecule has 1 aromatic heterocycles. The minimum absolute atomic E-state index is 0.0108. The molecule has 2 rings (SSSR count). The first kappa shape index (κ1) is 12.4. The predicted octanol–water partition coefficient (Wildman–Crippen LogP) is 2.79. The first-order valence-electron chi connectivity index (χ1n) is 5.82. The number of hydrogen-bond donors (Lipinski definition) is 2. The molecule has 0 unspecified atom stereocenters. The minimum atomic E-state index is -0.107. The molecule has 0 radical (unpaired) electrons. The van der Waals surface area contributed by atoms with Gasteiger partial charge < -0.3 is 14.8 Å². The lowest BCUT2D eigenvalue weighted by atomic mass is 10.1. The number of rotatable bonds is 4.